The fraction of sp³-hybridized carbons (Fsp3) is 0. The van der Waals surface area contributed by atoms with Gasteiger partial charge in [0.2, 0.25) is 0 Å². The first-order chi connectivity index (χ1) is 7.59. The number of rotatable bonds is 2. The van der Waals surface area contributed by atoms with E-state index in [2.05, 4.69) is 4.98 Å². The molecule has 0 bridgehead atoms. The van der Waals surface area contributed by atoms with Gasteiger partial charge in [-0.15, -0.1) is 0 Å². The number of carbonyl (C=O) groups excluding carboxylic acids is 1. The molecule has 0 fully saturated rings. The molecule has 3 N–H and O–H groups in total. The third-order valence-electron chi connectivity index (χ3n) is 2.21. The number of carbonyl (C=O) groups is 1. The average molecular weight is 255 g/mol. The van der Waals surface area contributed by atoms with Crippen LogP contribution in [0.4, 0.5) is 0 Å². The Morgan fingerprint density at radius 1 is 1.25 bits per heavy atom. The zero-order valence-electron chi connectivity index (χ0n) is 8.13. The maximum Gasteiger partial charge on any atom is 0.250 e. The van der Waals surface area contributed by atoms with Gasteiger partial charge in [0.15, 0.2) is 0 Å². The molecule has 0 aliphatic rings. The molecule has 1 amide bonds. The lowest BCUT2D eigenvalue weighted by atomic mass is 10.1. The van der Waals surface area contributed by atoms with Crippen LogP contribution in [0.5, 0.6) is 0 Å². The van der Waals surface area contributed by atoms with E-state index < -0.39 is 5.91 Å². The molecule has 82 valence electrons. The van der Waals surface area contributed by atoms with E-state index in [1.54, 1.807) is 30.5 Å². The molecule has 0 radical (unpaired) electrons. The number of aromatic nitrogens is 1. The molecule has 0 saturated heterocycles. The van der Waals surface area contributed by atoms with Gasteiger partial charge in [0.05, 0.1) is 16.3 Å². The normalized spacial score (nSPS) is 10.4. The van der Waals surface area contributed by atoms with E-state index in [0.717, 1.165) is 0 Å². The van der Waals surface area contributed by atoms with Crippen LogP contribution in [-0.2, 0) is 0 Å². The molecule has 0 aliphatic carbocycles. The van der Waals surface area contributed by atoms with Crippen molar-refractivity contribution < 1.29 is 4.79 Å². The molecular formula is C11H8Cl2N2O. The van der Waals surface area contributed by atoms with Gasteiger partial charge in [-0.2, -0.15) is 0 Å². The molecule has 1 aromatic heterocycles. The second-order valence-electron chi connectivity index (χ2n) is 3.25. The summed E-state index contributed by atoms with van der Waals surface area (Å²) in [7, 11) is 0. The molecule has 0 saturated carbocycles. The first kappa shape index (κ1) is 11.0. The first-order valence-corrected chi connectivity index (χ1v) is 5.28. The van der Waals surface area contributed by atoms with E-state index in [4.69, 9.17) is 28.9 Å². The summed E-state index contributed by atoms with van der Waals surface area (Å²) in [6.45, 7) is 0. The molecular weight excluding hydrogens is 247 g/mol. The van der Waals surface area contributed by atoms with E-state index in [1.165, 1.54) is 0 Å². The van der Waals surface area contributed by atoms with Crippen LogP contribution in [0.1, 0.15) is 10.4 Å². The molecule has 16 heavy (non-hydrogen) atoms. The quantitative estimate of drug-likeness (QED) is 0.851. The molecule has 0 spiro atoms. The Morgan fingerprint density at radius 2 is 2.00 bits per heavy atom. The van der Waals surface area contributed by atoms with Crippen molar-refractivity contribution in [3.63, 3.8) is 0 Å². The van der Waals surface area contributed by atoms with Gasteiger partial charge in [0.25, 0.3) is 5.91 Å². The van der Waals surface area contributed by atoms with Crippen molar-refractivity contribution in [2.75, 3.05) is 0 Å². The number of benzene rings is 1. The predicted molar refractivity (Wildman–Crippen MR) is 64.8 cm³/mol. The van der Waals surface area contributed by atoms with E-state index in [1.807, 2.05) is 0 Å². The third kappa shape index (κ3) is 1.92. The lowest BCUT2D eigenvalue weighted by Crippen LogP contribution is -2.11. The van der Waals surface area contributed by atoms with Crippen molar-refractivity contribution in [1.82, 2.24) is 4.98 Å². The van der Waals surface area contributed by atoms with Crippen LogP contribution in [0.2, 0.25) is 10.0 Å². The van der Waals surface area contributed by atoms with Crippen molar-refractivity contribution in [3.05, 3.63) is 46.1 Å². The van der Waals surface area contributed by atoms with Gasteiger partial charge in [0.1, 0.15) is 0 Å². The van der Waals surface area contributed by atoms with Gasteiger partial charge >= 0.3 is 0 Å². The van der Waals surface area contributed by atoms with Gasteiger partial charge in [0, 0.05) is 16.8 Å². The van der Waals surface area contributed by atoms with Gasteiger partial charge in [-0.1, -0.05) is 23.2 Å². The Balaban J connectivity index is 2.59. The van der Waals surface area contributed by atoms with Gasteiger partial charge in [-0.25, -0.2) is 0 Å². The van der Waals surface area contributed by atoms with E-state index in [0.29, 0.717) is 26.9 Å². The number of primary amides is 1. The highest BCUT2D eigenvalue weighted by atomic mass is 35.5. The number of H-pyrrole nitrogens is 1. The highest BCUT2D eigenvalue weighted by Gasteiger charge is 2.13. The van der Waals surface area contributed by atoms with Crippen molar-refractivity contribution in [3.8, 4) is 11.3 Å². The summed E-state index contributed by atoms with van der Waals surface area (Å²) in [5.41, 5.74) is 6.96. The Labute approximate surface area is 102 Å². The summed E-state index contributed by atoms with van der Waals surface area (Å²) in [6, 6.07) is 6.67. The summed E-state index contributed by atoms with van der Waals surface area (Å²) in [5.74, 6) is -0.498. The zero-order chi connectivity index (χ0) is 11.7. The summed E-state index contributed by atoms with van der Waals surface area (Å²) >= 11 is 11.8. The number of amides is 1. The summed E-state index contributed by atoms with van der Waals surface area (Å²) < 4.78 is 0. The highest BCUT2D eigenvalue weighted by molar-refractivity contribution is 6.36. The maximum atomic E-state index is 11.2. The summed E-state index contributed by atoms with van der Waals surface area (Å²) in [6.07, 6.45) is 1.64. The largest absolute Gasteiger partial charge is 0.366 e. The Hall–Kier alpha value is -1.45. The van der Waals surface area contributed by atoms with Crippen LogP contribution in [0.25, 0.3) is 11.3 Å². The molecule has 2 rings (SSSR count). The van der Waals surface area contributed by atoms with E-state index >= 15 is 0 Å². The molecule has 5 heteroatoms. The van der Waals surface area contributed by atoms with Crippen LogP contribution in [0.3, 0.4) is 0 Å². The van der Waals surface area contributed by atoms with Gasteiger partial charge < -0.3 is 10.7 Å². The van der Waals surface area contributed by atoms with Crippen LogP contribution >= 0.6 is 23.2 Å². The third-order valence-corrected chi connectivity index (χ3v) is 2.76. The zero-order valence-corrected chi connectivity index (χ0v) is 9.64. The van der Waals surface area contributed by atoms with Crippen molar-refractivity contribution in [2.45, 2.75) is 0 Å². The lowest BCUT2D eigenvalue weighted by molar-refractivity contribution is 0.100. The van der Waals surface area contributed by atoms with Gasteiger partial charge in [-0.3, -0.25) is 4.79 Å². The van der Waals surface area contributed by atoms with Crippen molar-refractivity contribution >= 4 is 29.1 Å². The minimum Gasteiger partial charge on any atom is -0.366 e. The van der Waals surface area contributed by atoms with Gasteiger partial charge in [-0.05, 0) is 24.3 Å². The van der Waals surface area contributed by atoms with E-state index in [-0.39, 0.29) is 0 Å². The minimum absolute atomic E-state index is 0.407. The molecule has 1 heterocycles. The number of nitrogens with one attached hydrogen (secondary N) is 1. The fourth-order valence-electron chi connectivity index (χ4n) is 1.49. The highest BCUT2D eigenvalue weighted by Crippen LogP contribution is 2.31. The maximum absolute atomic E-state index is 11.2. The SMILES string of the molecule is NC(=O)c1cc[nH]c1-c1ccc(Cl)cc1Cl. The summed E-state index contributed by atoms with van der Waals surface area (Å²) in [5, 5.41) is 1.01. The molecule has 0 atom stereocenters. The number of halogens is 2. The van der Waals surface area contributed by atoms with E-state index in [9.17, 15) is 4.79 Å². The standard InChI is InChI=1S/C11H8Cl2N2O/c12-6-1-2-7(9(13)5-6)10-8(11(14)16)3-4-15-10/h1-5,15H,(H2,14,16). The number of hydrogen-bond acceptors (Lipinski definition) is 1. The smallest absolute Gasteiger partial charge is 0.250 e. The Morgan fingerprint density at radius 3 is 2.62 bits per heavy atom. The monoisotopic (exact) mass is 254 g/mol. The van der Waals surface area contributed by atoms with Crippen LogP contribution < -0.4 is 5.73 Å². The average Bonchev–Trinajstić information content (AvgIpc) is 2.66. The molecule has 0 aliphatic heterocycles. The minimum atomic E-state index is -0.498. The number of hydrogen-bond donors (Lipinski definition) is 2. The summed E-state index contributed by atoms with van der Waals surface area (Å²) in [4.78, 5) is 14.1. The molecule has 0 unspecified atom stereocenters. The number of aromatic amines is 1. The molecule has 1 aromatic carbocycles. The Bertz CT molecular complexity index is 549. The van der Waals surface area contributed by atoms with Crippen LogP contribution in [0.15, 0.2) is 30.5 Å². The second kappa shape index (κ2) is 4.20. The molecule has 2 aromatic rings. The predicted octanol–water partition coefficient (Wildman–Crippen LogP) is 3.09. The molecule has 3 nitrogen and oxygen atoms in total. The topological polar surface area (TPSA) is 58.9 Å². The first-order valence-electron chi connectivity index (χ1n) is 4.52. The van der Waals surface area contributed by atoms with Crippen LogP contribution in [-0.4, -0.2) is 10.9 Å². The van der Waals surface area contributed by atoms with Crippen LogP contribution in [0, 0.1) is 0 Å². The lowest BCUT2D eigenvalue weighted by Gasteiger charge is -2.04. The second-order valence-corrected chi connectivity index (χ2v) is 4.10. The Kier molecular flexibility index (Phi) is 2.90. The number of nitrogens with two attached hydrogens (primary N) is 1. The van der Waals surface area contributed by atoms with Crippen molar-refractivity contribution in [1.29, 1.82) is 0 Å². The van der Waals surface area contributed by atoms with Crippen molar-refractivity contribution in [2.24, 2.45) is 5.73 Å². The fourth-order valence-corrected chi connectivity index (χ4v) is 1.99.